The maximum absolute atomic E-state index is 12.2. The van der Waals surface area contributed by atoms with Crippen LogP contribution in [0.1, 0.15) is 16.7 Å². The van der Waals surface area contributed by atoms with Gasteiger partial charge in [-0.15, -0.1) is 11.3 Å². The van der Waals surface area contributed by atoms with Gasteiger partial charge in [0.05, 0.1) is 0 Å². The number of nitrogens with two attached hydrogens (primary N) is 1. The Morgan fingerprint density at radius 2 is 2.15 bits per heavy atom. The number of anilines is 1. The summed E-state index contributed by atoms with van der Waals surface area (Å²) in [6.45, 7) is -0.0735. The SMILES string of the molecule is Nc1ccn(C2O[C@H](CNC(=O)c3cn4ccsc4n3)[C@@H](O)[C@H]2O)c(=O)n1. The number of hydrogen-bond donors (Lipinski definition) is 4. The Labute approximate surface area is 155 Å². The first kappa shape index (κ1) is 17.6. The highest BCUT2D eigenvalue weighted by Crippen LogP contribution is 2.28. The number of thiazole rings is 1. The molecule has 1 fully saturated rings. The molecule has 0 aromatic carbocycles. The monoisotopic (exact) mass is 392 g/mol. The number of amides is 1. The fourth-order valence-electron chi connectivity index (χ4n) is 2.87. The van der Waals surface area contributed by atoms with Gasteiger partial charge < -0.3 is 26.0 Å². The second-order valence-corrected chi connectivity index (χ2v) is 6.89. The van der Waals surface area contributed by atoms with Crippen molar-refractivity contribution in [3.8, 4) is 0 Å². The Bertz CT molecular complexity index is 1020. The number of carbonyl (C=O) groups excluding carboxylic acids is 1. The van der Waals surface area contributed by atoms with Gasteiger partial charge in [-0.3, -0.25) is 13.8 Å². The molecule has 0 radical (unpaired) electrons. The van der Waals surface area contributed by atoms with Crippen molar-refractivity contribution in [2.75, 3.05) is 12.3 Å². The summed E-state index contributed by atoms with van der Waals surface area (Å²) in [6, 6.07) is 1.38. The molecule has 4 atom stereocenters. The minimum Gasteiger partial charge on any atom is -0.387 e. The van der Waals surface area contributed by atoms with Crippen molar-refractivity contribution in [3.05, 3.63) is 46.2 Å². The summed E-state index contributed by atoms with van der Waals surface area (Å²) in [5.74, 6) is -0.404. The van der Waals surface area contributed by atoms with Crippen molar-refractivity contribution >= 4 is 28.0 Å². The third-order valence-corrected chi connectivity index (χ3v) is 5.02. The van der Waals surface area contributed by atoms with Gasteiger partial charge in [-0.2, -0.15) is 4.98 Å². The number of carbonyl (C=O) groups is 1. The van der Waals surface area contributed by atoms with Crippen LogP contribution in [0.15, 0.2) is 34.8 Å². The molecule has 11 nitrogen and oxygen atoms in total. The molecule has 4 rings (SSSR count). The number of imidazole rings is 1. The second kappa shape index (κ2) is 6.74. The Morgan fingerprint density at radius 3 is 2.89 bits per heavy atom. The zero-order chi connectivity index (χ0) is 19.1. The van der Waals surface area contributed by atoms with Crippen molar-refractivity contribution in [3.63, 3.8) is 0 Å². The highest BCUT2D eigenvalue weighted by molar-refractivity contribution is 7.15. The molecule has 1 saturated heterocycles. The first-order chi connectivity index (χ1) is 12.9. The van der Waals surface area contributed by atoms with Gasteiger partial charge in [-0.25, -0.2) is 9.78 Å². The number of rotatable bonds is 4. The van der Waals surface area contributed by atoms with Gasteiger partial charge in [0.25, 0.3) is 5.91 Å². The number of fused-ring (bicyclic) bond motifs is 1. The van der Waals surface area contributed by atoms with Crippen LogP contribution in [0.4, 0.5) is 5.82 Å². The van der Waals surface area contributed by atoms with Gasteiger partial charge in [0.2, 0.25) is 0 Å². The summed E-state index contributed by atoms with van der Waals surface area (Å²) in [5.41, 5.74) is 4.95. The van der Waals surface area contributed by atoms with E-state index >= 15 is 0 Å². The van der Waals surface area contributed by atoms with Crippen molar-refractivity contribution in [2.45, 2.75) is 24.5 Å². The first-order valence-corrected chi connectivity index (χ1v) is 8.88. The molecule has 1 unspecified atom stereocenters. The third-order valence-electron chi connectivity index (χ3n) is 4.25. The lowest BCUT2D eigenvalue weighted by Gasteiger charge is -2.16. The van der Waals surface area contributed by atoms with Crippen LogP contribution in [0.3, 0.4) is 0 Å². The molecule has 1 aliphatic rings. The predicted octanol–water partition coefficient (Wildman–Crippen LogP) is -1.42. The van der Waals surface area contributed by atoms with Crippen LogP contribution in [-0.4, -0.2) is 59.9 Å². The van der Waals surface area contributed by atoms with Crippen LogP contribution in [0, 0.1) is 0 Å². The molecule has 0 aliphatic carbocycles. The van der Waals surface area contributed by atoms with Gasteiger partial charge in [0.1, 0.15) is 29.8 Å². The number of nitrogens with zero attached hydrogens (tertiary/aromatic N) is 4. The smallest absolute Gasteiger partial charge is 0.351 e. The molecule has 27 heavy (non-hydrogen) atoms. The molecule has 3 aromatic heterocycles. The maximum Gasteiger partial charge on any atom is 0.351 e. The van der Waals surface area contributed by atoms with Crippen LogP contribution in [-0.2, 0) is 4.74 Å². The summed E-state index contributed by atoms with van der Waals surface area (Å²) in [5, 5.41) is 24.9. The third kappa shape index (κ3) is 3.19. The van der Waals surface area contributed by atoms with E-state index < -0.39 is 36.1 Å². The number of hydrogen-bond acceptors (Lipinski definition) is 9. The van der Waals surface area contributed by atoms with E-state index in [0.29, 0.717) is 4.96 Å². The molecule has 1 aliphatic heterocycles. The molecule has 0 spiro atoms. The zero-order valence-electron chi connectivity index (χ0n) is 13.8. The number of ether oxygens (including phenoxy) is 1. The molecule has 1 amide bonds. The second-order valence-electron chi connectivity index (χ2n) is 6.02. The van der Waals surface area contributed by atoms with E-state index in [-0.39, 0.29) is 18.1 Å². The van der Waals surface area contributed by atoms with E-state index in [1.165, 1.54) is 23.6 Å². The fraction of sp³-hybridized carbons (Fsp3) is 0.333. The molecule has 0 saturated carbocycles. The number of aliphatic hydroxyl groups excluding tert-OH is 2. The Hall–Kier alpha value is -2.80. The maximum atomic E-state index is 12.2. The van der Waals surface area contributed by atoms with Gasteiger partial charge in [0, 0.05) is 30.5 Å². The van der Waals surface area contributed by atoms with Crippen LogP contribution < -0.4 is 16.7 Å². The highest BCUT2D eigenvalue weighted by atomic mass is 32.1. The molecule has 3 aromatic rings. The quantitative estimate of drug-likeness (QED) is 0.421. The van der Waals surface area contributed by atoms with Gasteiger partial charge in [0.15, 0.2) is 11.2 Å². The van der Waals surface area contributed by atoms with E-state index in [2.05, 4.69) is 15.3 Å². The Balaban J connectivity index is 1.44. The lowest BCUT2D eigenvalue weighted by atomic mass is 10.1. The molecule has 0 bridgehead atoms. The summed E-state index contributed by atoms with van der Waals surface area (Å²) in [6.07, 6.45) is -0.0257. The summed E-state index contributed by atoms with van der Waals surface area (Å²) in [4.78, 5) is 32.6. The molecular formula is C15H16N6O5S. The van der Waals surface area contributed by atoms with E-state index in [1.54, 1.807) is 16.8 Å². The van der Waals surface area contributed by atoms with Gasteiger partial charge in [-0.05, 0) is 6.07 Å². The number of nitrogen functional groups attached to an aromatic ring is 1. The van der Waals surface area contributed by atoms with E-state index in [1.807, 2.05) is 5.38 Å². The Morgan fingerprint density at radius 1 is 1.33 bits per heavy atom. The molecule has 142 valence electrons. The zero-order valence-corrected chi connectivity index (χ0v) is 14.6. The normalized spacial score (nSPS) is 25.1. The Kier molecular flexibility index (Phi) is 4.39. The lowest BCUT2D eigenvalue weighted by Crippen LogP contribution is -2.40. The summed E-state index contributed by atoms with van der Waals surface area (Å²) >= 11 is 1.40. The van der Waals surface area contributed by atoms with E-state index in [0.717, 1.165) is 4.57 Å². The van der Waals surface area contributed by atoms with Gasteiger partial charge >= 0.3 is 5.69 Å². The average Bonchev–Trinajstić information content (AvgIpc) is 3.29. The number of nitrogens with one attached hydrogen (secondary N) is 1. The molecule has 4 heterocycles. The molecule has 5 N–H and O–H groups in total. The predicted molar refractivity (Wildman–Crippen MR) is 94.2 cm³/mol. The average molecular weight is 392 g/mol. The van der Waals surface area contributed by atoms with Crippen molar-refractivity contribution in [1.82, 2.24) is 24.3 Å². The highest BCUT2D eigenvalue weighted by Gasteiger charge is 2.44. The number of aromatic nitrogens is 4. The summed E-state index contributed by atoms with van der Waals surface area (Å²) < 4.78 is 8.33. The molecular weight excluding hydrogens is 376 g/mol. The summed E-state index contributed by atoms with van der Waals surface area (Å²) in [7, 11) is 0. The first-order valence-electron chi connectivity index (χ1n) is 8.00. The standard InChI is InChI=1S/C15H16N6O5S/c16-9-1-2-21(14(25)19-9)13-11(23)10(22)8(26-13)5-17-12(24)7-6-20-3-4-27-15(20)18-7/h1-4,6,8,10-11,13,22-23H,5H2,(H,17,24)(H2,16,19,25)/t8-,10-,11-,13?/m1/s1. The van der Waals surface area contributed by atoms with Crippen molar-refractivity contribution in [2.24, 2.45) is 0 Å². The van der Waals surface area contributed by atoms with E-state index in [9.17, 15) is 19.8 Å². The van der Waals surface area contributed by atoms with Crippen LogP contribution in [0.5, 0.6) is 0 Å². The number of aliphatic hydroxyl groups is 2. The minimum absolute atomic E-state index is 0.0353. The minimum atomic E-state index is -1.37. The van der Waals surface area contributed by atoms with Crippen LogP contribution in [0.25, 0.3) is 4.96 Å². The molecule has 12 heteroatoms. The lowest BCUT2D eigenvalue weighted by molar-refractivity contribution is -0.0386. The van der Waals surface area contributed by atoms with Crippen molar-refractivity contribution in [1.29, 1.82) is 0 Å². The fourth-order valence-corrected chi connectivity index (χ4v) is 3.57. The largest absolute Gasteiger partial charge is 0.387 e. The van der Waals surface area contributed by atoms with Crippen LogP contribution in [0.2, 0.25) is 0 Å². The topological polar surface area (TPSA) is 157 Å². The van der Waals surface area contributed by atoms with Crippen LogP contribution >= 0.6 is 11.3 Å². The van der Waals surface area contributed by atoms with Crippen molar-refractivity contribution < 1.29 is 19.7 Å². The van der Waals surface area contributed by atoms with Gasteiger partial charge in [-0.1, -0.05) is 0 Å². The van der Waals surface area contributed by atoms with E-state index in [4.69, 9.17) is 10.5 Å².